The van der Waals surface area contributed by atoms with Gasteiger partial charge < -0.3 is 10.2 Å². The van der Waals surface area contributed by atoms with Crippen LogP contribution in [0.15, 0.2) is 0 Å². The van der Waals surface area contributed by atoms with E-state index in [4.69, 9.17) is 0 Å². The maximum atomic E-state index is 12.1. The van der Waals surface area contributed by atoms with Gasteiger partial charge in [0.15, 0.2) is 0 Å². The lowest BCUT2D eigenvalue weighted by Gasteiger charge is -2.27. The highest BCUT2D eigenvalue weighted by Gasteiger charge is 2.35. The summed E-state index contributed by atoms with van der Waals surface area (Å²) in [5.74, 6) is -0.384. The van der Waals surface area contributed by atoms with Crippen LogP contribution in [-0.4, -0.2) is 42.0 Å². The zero-order chi connectivity index (χ0) is 10.8. The number of halogens is 1. The Hall–Kier alpha value is -1.13. The number of nitrogens with zero attached hydrogens (tertiary/aromatic N) is 1. The molecule has 0 saturated carbocycles. The fourth-order valence-electron chi connectivity index (χ4n) is 1.51. The van der Waals surface area contributed by atoms with Crippen LogP contribution in [0.25, 0.3) is 0 Å². The molecule has 5 heteroatoms. The van der Waals surface area contributed by atoms with Crippen LogP contribution in [0.5, 0.6) is 0 Å². The number of hydrogen-bond acceptors (Lipinski definition) is 2. The molecule has 1 N–H and O–H groups in total. The molecule has 0 aromatic heterocycles. The SMILES string of the molecule is CC1(C)NC(=O)CCN(CCF)C1=O. The molecular weight excluding hydrogens is 187 g/mol. The summed E-state index contributed by atoms with van der Waals surface area (Å²) < 4.78 is 12.1. The lowest BCUT2D eigenvalue weighted by atomic mass is 10.0. The average molecular weight is 202 g/mol. The first-order chi connectivity index (χ1) is 6.47. The molecule has 14 heavy (non-hydrogen) atoms. The van der Waals surface area contributed by atoms with Crippen LogP contribution < -0.4 is 5.32 Å². The van der Waals surface area contributed by atoms with Crippen molar-refractivity contribution in [1.82, 2.24) is 10.2 Å². The van der Waals surface area contributed by atoms with E-state index in [1.807, 2.05) is 0 Å². The highest BCUT2D eigenvalue weighted by molar-refractivity contribution is 5.92. The molecule has 0 aromatic rings. The van der Waals surface area contributed by atoms with Crippen LogP contribution in [0.2, 0.25) is 0 Å². The Labute approximate surface area is 82.5 Å². The van der Waals surface area contributed by atoms with E-state index in [9.17, 15) is 14.0 Å². The summed E-state index contributed by atoms with van der Waals surface area (Å²) in [6, 6.07) is 0. The van der Waals surface area contributed by atoms with Crippen LogP contribution in [0, 0.1) is 0 Å². The first kappa shape index (κ1) is 10.9. The van der Waals surface area contributed by atoms with Crippen LogP contribution in [0.3, 0.4) is 0 Å². The van der Waals surface area contributed by atoms with Gasteiger partial charge >= 0.3 is 0 Å². The van der Waals surface area contributed by atoms with Gasteiger partial charge in [-0.05, 0) is 13.8 Å². The summed E-state index contributed by atoms with van der Waals surface area (Å²) >= 11 is 0. The zero-order valence-electron chi connectivity index (χ0n) is 8.47. The van der Waals surface area contributed by atoms with Gasteiger partial charge in [0.05, 0.1) is 0 Å². The van der Waals surface area contributed by atoms with Crippen molar-refractivity contribution in [2.75, 3.05) is 19.8 Å². The minimum atomic E-state index is -0.914. The summed E-state index contributed by atoms with van der Waals surface area (Å²) in [6.45, 7) is 3.05. The molecule has 1 heterocycles. The number of carbonyl (C=O) groups is 2. The Kier molecular flexibility index (Phi) is 3.08. The van der Waals surface area contributed by atoms with Gasteiger partial charge in [0.2, 0.25) is 11.8 Å². The molecule has 0 radical (unpaired) electrons. The van der Waals surface area contributed by atoms with Crippen molar-refractivity contribution in [3.63, 3.8) is 0 Å². The second-order valence-electron chi connectivity index (χ2n) is 3.90. The number of nitrogens with one attached hydrogen (secondary N) is 1. The van der Waals surface area contributed by atoms with Crippen molar-refractivity contribution < 1.29 is 14.0 Å². The smallest absolute Gasteiger partial charge is 0.247 e. The van der Waals surface area contributed by atoms with E-state index < -0.39 is 12.2 Å². The monoisotopic (exact) mass is 202 g/mol. The summed E-state index contributed by atoms with van der Waals surface area (Å²) in [7, 11) is 0. The van der Waals surface area contributed by atoms with E-state index in [2.05, 4.69) is 5.32 Å². The van der Waals surface area contributed by atoms with Gasteiger partial charge in [-0.15, -0.1) is 0 Å². The van der Waals surface area contributed by atoms with E-state index in [1.165, 1.54) is 4.90 Å². The topological polar surface area (TPSA) is 49.4 Å². The fraction of sp³-hybridized carbons (Fsp3) is 0.778. The van der Waals surface area contributed by atoms with Crippen molar-refractivity contribution in [3.05, 3.63) is 0 Å². The van der Waals surface area contributed by atoms with Crippen molar-refractivity contribution in [3.8, 4) is 0 Å². The quantitative estimate of drug-likeness (QED) is 0.689. The molecule has 0 unspecified atom stereocenters. The second-order valence-corrected chi connectivity index (χ2v) is 3.90. The highest BCUT2D eigenvalue weighted by Crippen LogP contribution is 2.12. The van der Waals surface area contributed by atoms with Gasteiger partial charge in [-0.2, -0.15) is 0 Å². The molecule has 0 aromatic carbocycles. The Bertz CT molecular complexity index is 253. The Morgan fingerprint density at radius 3 is 2.71 bits per heavy atom. The lowest BCUT2D eigenvalue weighted by Crippen LogP contribution is -2.53. The number of alkyl halides is 1. The molecule has 0 atom stereocenters. The van der Waals surface area contributed by atoms with Crippen molar-refractivity contribution >= 4 is 11.8 Å². The molecule has 80 valence electrons. The van der Waals surface area contributed by atoms with E-state index in [-0.39, 0.29) is 24.8 Å². The van der Waals surface area contributed by atoms with Crippen LogP contribution in [0.1, 0.15) is 20.3 Å². The van der Waals surface area contributed by atoms with E-state index in [0.29, 0.717) is 6.54 Å². The van der Waals surface area contributed by atoms with Gasteiger partial charge in [-0.3, -0.25) is 9.59 Å². The molecule has 1 aliphatic rings. The first-order valence-electron chi connectivity index (χ1n) is 4.64. The summed E-state index contributed by atoms with van der Waals surface area (Å²) in [4.78, 5) is 24.3. The molecular formula is C9H15FN2O2. The second kappa shape index (κ2) is 3.94. The van der Waals surface area contributed by atoms with Crippen LogP contribution >= 0.6 is 0 Å². The molecule has 1 rings (SSSR count). The van der Waals surface area contributed by atoms with Crippen molar-refractivity contribution in [2.45, 2.75) is 25.8 Å². The minimum Gasteiger partial charge on any atom is -0.342 e. The molecule has 1 saturated heterocycles. The minimum absolute atomic E-state index is 0.0667. The third-order valence-corrected chi connectivity index (χ3v) is 2.24. The van der Waals surface area contributed by atoms with Crippen LogP contribution in [-0.2, 0) is 9.59 Å². The molecule has 1 aliphatic heterocycles. The fourth-order valence-corrected chi connectivity index (χ4v) is 1.51. The van der Waals surface area contributed by atoms with Crippen molar-refractivity contribution in [2.24, 2.45) is 0 Å². The summed E-state index contributed by atoms with van der Waals surface area (Å²) in [5, 5.41) is 2.60. The summed E-state index contributed by atoms with van der Waals surface area (Å²) in [5.41, 5.74) is -0.914. The predicted molar refractivity (Wildman–Crippen MR) is 49.4 cm³/mol. The third-order valence-electron chi connectivity index (χ3n) is 2.24. The number of hydrogen-bond donors (Lipinski definition) is 1. The van der Waals surface area contributed by atoms with Gasteiger partial charge in [-0.1, -0.05) is 0 Å². The highest BCUT2D eigenvalue weighted by atomic mass is 19.1. The number of amides is 2. The zero-order valence-corrected chi connectivity index (χ0v) is 8.47. The largest absolute Gasteiger partial charge is 0.342 e. The lowest BCUT2D eigenvalue weighted by molar-refractivity contribution is -0.137. The standard InChI is InChI=1S/C9H15FN2O2/c1-9(2)8(14)12(6-4-10)5-3-7(13)11-9/h3-6H2,1-2H3,(H,11,13). The normalized spacial score (nSPS) is 21.8. The average Bonchev–Trinajstić information content (AvgIpc) is 2.17. The third kappa shape index (κ3) is 2.21. The molecule has 0 aliphatic carbocycles. The van der Waals surface area contributed by atoms with E-state index in [1.54, 1.807) is 13.8 Å². The maximum Gasteiger partial charge on any atom is 0.247 e. The maximum absolute atomic E-state index is 12.1. The van der Waals surface area contributed by atoms with Gasteiger partial charge in [0.25, 0.3) is 0 Å². The predicted octanol–water partition coefficient (Wildman–Crippen LogP) is 0.0830. The molecule has 2 amide bonds. The first-order valence-corrected chi connectivity index (χ1v) is 4.64. The Morgan fingerprint density at radius 2 is 2.14 bits per heavy atom. The molecule has 1 fully saturated rings. The molecule has 4 nitrogen and oxygen atoms in total. The van der Waals surface area contributed by atoms with Crippen molar-refractivity contribution in [1.29, 1.82) is 0 Å². The number of carbonyl (C=O) groups excluding carboxylic acids is 2. The summed E-state index contributed by atoms with van der Waals surface area (Å²) in [6.07, 6.45) is 0.245. The van der Waals surface area contributed by atoms with Gasteiger partial charge in [0.1, 0.15) is 12.2 Å². The Morgan fingerprint density at radius 1 is 1.50 bits per heavy atom. The molecule has 0 bridgehead atoms. The van der Waals surface area contributed by atoms with E-state index >= 15 is 0 Å². The van der Waals surface area contributed by atoms with Crippen LogP contribution in [0.4, 0.5) is 4.39 Å². The van der Waals surface area contributed by atoms with Gasteiger partial charge in [-0.25, -0.2) is 4.39 Å². The van der Waals surface area contributed by atoms with Gasteiger partial charge in [0, 0.05) is 19.5 Å². The number of rotatable bonds is 2. The van der Waals surface area contributed by atoms with E-state index in [0.717, 1.165) is 0 Å². The Balaban J connectivity index is 2.80. The molecule has 0 spiro atoms.